The Balaban J connectivity index is 1.54. The monoisotopic (exact) mass is 641 g/mol. The van der Waals surface area contributed by atoms with Crippen LogP contribution in [0, 0.1) is 0 Å². The van der Waals surface area contributed by atoms with E-state index in [0.717, 1.165) is 75.3 Å². The van der Waals surface area contributed by atoms with E-state index in [9.17, 15) is 21.4 Å². The van der Waals surface area contributed by atoms with Crippen molar-refractivity contribution in [2.24, 2.45) is 0 Å². The summed E-state index contributed by atoms with van der Waals surface area (Å²) in [5.74, 6) is 0.873. The Labute approximate surface area is 265 Å². The summed E-state index contributed by atoms with van der Waals surface area (Å²) < 4.78 is 72.9. The molecule has 6 rings (SSSR count). The summed E-state index contributed by atoms with van der Waals surface area (Å²) in [6.07, 6.45) is 18.4. The maximum Gasteiger partial charge on any atom is 0.339 e. The zero-order chi connectivity index (χ0) is 31.1. The minimum atomic E-state index is -4.71. The highest BCUT2D eigenvalue weighted by molar-refractivity contribution is 7.87. The molecule has 2 aromatic rings. The average Bonchev–Trinajstić information content (AvgIpc) is 3.51. The van der Waals surface area contributed by atoms with Gasteiger partial charge in [-0.3, -0.25) is 0 Å². The Hall–Kier alpha value is -1.90. The quantitative estimate of drug-likeness (QED) is 0.211. The predicted molar refractivity (Wildman–Crippen MR) is 172 cm³/mol. The van der Waals surface area contributed by atoms with E-state index in [1.54, 1.807) is 0 Å². The van der Waals surface area contributed by atoms with Gasteiger partial charge < -0.3 is 8.74 Å². The maximum absolute atomic E-state index is 14.9. The van der Waals surface area contributed by atoms with Crippen LogP contribution >= 0.6 is 0 Å². The van der Waals surface area contributed by atoms with Gasteiger partial charge in [-0.25, -0.2) is 8.42 Å². The second kappa shape index (κ2) is 13.1. The lowest BCUT2D eigenvalue weighted by atomic mass is 9.76. The molecule has 0 aliphatic heterocycles. The van der Waals surface area contributed by atoms with Crippen LogP contribution in [0.15, 0.2) is 28.0 Å². The number of hydrogen-bond acceptors (Lipinski definition) is 6. The van der Waals surface area contributed by atoms with Gasteiger partial charge in [-0.05, 0) is 110 Å². The van der Waals surface area contributed by atoms with E-state index in [4.69, 9.17) is 4.18 Å². The molecule has 0 heterocycles. The molecule has 0 N–H and O–H groups in total. The van der Waals surface area contributed by atoms with Gasteiger partial charge in [-0.1, -0.05) is 83.8 Å². The van der Waals surface area contributed by atoms with Crippen molar-refractivity contribution < 1.29 is 25.6 Å². The molecule has 44 heavy (non-hydrogen) atoms. The second-order valence-corrected chi connectivity index (χ2v) is 17.1. The lowest BCUT2D eigenvalue weighted by molar-refractivity contribution is 0.414. The molecule has 0 aromatic heterocycles. The van der Waals surface area contributed by atoms with Gasteiger partial charge in [0.1, 0.15) is 20.8 Å². The van der Waals surface area contributed by atoms with E-state index in [1.807, 2.05) is 13.8 Å². The topological polar surface area (TPSA) is 101 Å². The van der Waals surface area contributed by atoms with E-state index >= 15 is 0 Å². The third-order valence-corrected chi connectivity index (χ3v) is 13.3. The lowest BCUT2D eigenvalue weighted by Gasteiger charge is -2.32. The summed E-state index contributed by atoms with van der Waals surface area (Å²) in [5.41, 5.74) is 4.71. The molecule has 8 heteroatoms. The minimum Gasteiger partial charge on any atom is -0.744 e. The summed E-state index contributed by atoms with van der Waals surface area (Å²) in [5, 5.41) is 0. The number of fused-ring (bicyclic) bond motifs is 1. The summed E-state index contributed by atoms with van der Waals surface area (Å²) in [4.78, 5) is 0.166. The van der Waals surface area contributed by atoms with Crippen LogP contribution in [-0.2, 0) is 33.1 Å². The Bertz CT molecular complexity index is 1530. The van der Waals surface area contributed by atoms with E-state index in [0.29, 0.717) is 46.8 Å². The molecule has 4 aliphatic rings. The van der Waals surface area contributed by atoms with Crippen LogP contribution < -0.4 is 4.18 Å². The molecule has 0 unspecified atom stereocenters. The molecule has 242 valence electrons. The fourth-order valence-corrected chi connectivity index (χ4v) is 11.1. The molecular formula is C36H49O6S2-. The first-order valence-corrected chi connectivity index (χ1v) is 20.1. The number of benzene rings is 2. The van der Waals surface area contributed by atoms with Crippen LogP contribution in [-0.4, -0.2) is 21.4 Å². The molecule has 6 nitrogen and oxygen atoms in total. The second-order valence-electron chi connectivity index (χ2n) is 14.3. The van der Waals surface area contributed by atoms with E-state index < -0.39 is 20.2 Å². The summed E-state index contributed by atoms with van der Waals surface area (Å²) in [6, 6.07) is 5.88. The van der Waals surface area contributed by atoms with Crippen molar-refractivity contribution in [1.29, 1.82) is 0 Å². The van der Waals surface area contributed by atoms with Gasteiger partial charge >= 0.3 is 10.1 Å². The lowest BCUT2D eigenvalue weighted by Crippen LogP contribution is -2.22. The molecule has 0 bridgehead atoms. The molecule has 0 amide bonds. The molecule has 0 saturated heterocycles. The zero-order valence-corrected chi connectivity index (χ0v) is 28.2. The zero-order valence-electron chi connectivity index (χ0n) is 26.5. The largest absolute Gasteiger partial charge is 0.744 e. The first-order valence-electron chi connectivity index (χ1n) is 17.3. The van der Waals surface area contributed by atoms with Crippen LogP contribution in [0.1, 0.15) is 174 Å². The molecule has 0 atom stereocenters. The fraction of sp³-hybridized carbons (Fsp3) is 0.667. The van der Waals surface area contributed by atoms with Crippen LogP contribution in [0.3, 0.4) is 0 Å². The van der Waals surface area contributed by atoms with Crippen molar-refractivity contribution in [2.75, 3.05) is 0 Å². The first kappa shape index (κ1) is 32.1. The molecular weight excluding hydrogens is 593 g/mol. The molecule has 0 radical (unpaired) electrons. The van der Waals surface area contributed by atoms with Gasteiger partial charge in [0.15, 0.2) is 0 Å². The van der Waals surface area contributed by atoms with Gasteiger partial charge in [-0.2, -0.15) is 8.42 Å². The third-order valence-electron chi connectivity index (χ3n) is 11.0. The van der Waals surface area contributed by atoms with Gasteiger partial charge in [0.25, 0.3) is 0 Å². The summed E-state index contributed by atoms with van der Waals surface area (Å²) >= 11 is 0. The SMILES string of the molecule is CC(C)c1cc(S(=O)(=O)[O-])c2c(c1OS(=O)(=O)c1c(C3CCCCC3)cc(C3CCCCC3)cc1C1CCCCC1)CCC2. The molecule has 0 spiro atoms. The van der Waals surface area contributed by atoms with E-state index in [2.05, 4.69) is 12.1 Å². The van der Waals surface area contributed by atoms with Crippen molar-refractivity contribution in [2.45, 2.75) is 163 Å². The first-order chi connectivity index (χ1) is 21.0. The van der Waals surface area contributed by atoms with Crippen molar-refractivity contribution >= 4 is 20.2 Å². The Morgan fingerprint density at radius 2 is 1.14 bits per heavy atom. The molecule has 3 fully saturated rings. The highest BCUT2D eigenvalue weighted by Gasteiger charge is 2.36. The Morgan fingerprint density at radius 3 is 1.61 bits per heavy atom. The molecule has 2 aromatic carbocycles. The van der Waals surface area contributed by atoms with Gasteiger partial charge in [0.2, 0.25) is 0 Å². The van der Waals surface area contributed by atoms with Crippen LogP contribution in [0.4, 0.5) is 0 Å². The highest BCUT2D eigenvalue weighted by atomic mass is 32.2. The Kier molecular flexibility index (Phi) is 9.52. The van der Waals surface area contributed by atoms with E-state index in [-0.39, 0.29) is 28.4 Å². The van der Waals surface area contributed by atoms with Crippen molar-refractivity contribution in [3.05, 3.63) is 51.6 Å². The predicted octanol–water partition coefficient (Wildman–Crippen LogP) is 9.11. The van der Waals surface area contributed by atoms with Crippen molar-refractivity contribution in [1.82, 2.24) is 0 Å². The standard InChI is InChI=1S/C36H50O6S2/c1-24(2)31-23-34(43(37,38)39)29-19-12-20-30(29)35(31)42-44(40,41)36-32(26-15-8-4-9-16-26)21-28(25-13-6-3-7-14-25)22-33(36)27-17-10-5-11-18-27/h21-27H,3-20H2,1-2H3,(H,37,38,39)/p-1. The van der Waals surface area contributed by atoms with Gasteiger partial charge in [0, 0.05) is 11.1 Å². The van der Waals surface area contributed by atoms with Crippen LogP contribution in [0.2, 0.25) is 0 Å². The molecule has 3 saturated carbocycles. The van der Waals surface area contributed by atoms with Crippen molar-refractivity contribution in [3.8, 4) is 5.75 Å². The van der Waals surface area contributed by atoms with Crippen LogP contribution in [0.5, 0.6) is 5.75 Å². The van der Waals surface area contributed by atoms with Crippen molar-refractivity contribution in [3.63, 3.8) is 0 Å². The fourth-order valence-electron chi connectivity index (χ4n) is 8.73. The summed E-state index contributed by atoms with van der Waals surface area (Å²) in [6.45, 7) is 3.77. The smallest absolute Gasteiger partial charge is 0.339 e. The normalized spacial score (nSPS) is 21.1. The van der Waals surface area contributed by atoms with Gasteiger partial charge in [0.05, 0.1) is 4.90 Å². The van der Waals surface area contributed by atoms with Crippen LogP contribution in [0.25, 0.3) is 0 Å². The maximum atomic E-state index is 14.9. The van der Waals surface area contributed by atoms with Gasteiger partial charge in [-0.15, -0.1) is 0 Å². The Morgan fingerprint density at radius 1 is 0.659 bits per heavy atom. The number of rotatable bonds is 8. The number of hydrogen-bond donors (Lipinski definition) is 0. The summed E-state index contributed by atoms with van der Waals surface area (Å²) in [7, 11) is -8.98. The average molecular weight is 642 g/mol. The molecule has 4 aliphatic carbocycles. The minimum absolute atomic E-state index is 0.186. The third kappa shape index (κ3) is 6.50. The highest BCUT2D eigenvalue weighted by Crippen LogP contribution is 2.48. The van der Waals surface area contributed by atoms with E-state index in [1.165, 1.54) is 43.7 Å².